The Kier molecular flexibility index (Phi) is 5.55. The van der Waals surface area contributed by atoms with Crippen molar-refractivity contribution < 1.29 is 33.3 Å². The predicted octanol–water partition coefficient (Wildman–Crippen LogP) is 1.93. The largest absolute Gasteiger partial charge is 0.462 e. The normalized spacial score (nSPS) is 39.5. The molecule has 3 rings (SSSR count). The number of hydrogen-bond donors (Lipinski definition) is 0. The average molecular weight is 368 g/mol. The number of ether oxygens (including phenoxy) is 4. The van der Waals surface area contributed by atoms with Gasteiger partial charge in [-0.2, -0.15) is 0 Å². The van der Waals surface area contributed by atoms with Crippen LogP contribution in [0.25, 0.3) is 0 Å². The van der Waals surface area contributed by atoms with Gasteiger partial charge >= 0.3 is 17.9 Å². The van der Waals surface area contributed by atoms with Gasteiger partial charge in [0.1, 0.15) is 12.7 Å². The summed E-state index contributed by atoms with van der Waals surface area (Å²) < 4.78 is 21.1. The van der Waals surface area contributed by atoms with Crippen LogP contribution in [0.5, 0.6) is 0 Å². The Hall–Kier alpha value is -1.63. The lowest BCUT2D eigenvalue weighted by Gasteiger charge is -2.36. The molecule has 0 radical (unpaired) electrons. The van der Waals surface area contributed by atoms with Gasteiger partial charge in [0.15, 0.2) is 6.29 Å². The van der Waals surface area contributed by atoms with E-state index in [0.29, 0.717) is 18.4 Å². The molecule has 0 spiro atoms. The van der Waals surface area contributed by atoms with Crippen LogP contribution >= 0.6 is 0 Å². The Morgan fingerprint density at radius 1 is 1.15 bits per heavy atom. The van der Waals surface area contributed by atoms with Crippen LogP contribution in [0.1, 0.15) is 40.5 Å². The highest BCUT2D eigenvalue weighted by Crippen LogP contribution is 2.58. The maximum absolute atomic E-state index is 12.8. The van der Waals surface area contributed by atoms with Crippen LogP contribution in [0.2, 0.25) is 0 Å². The number of esters is 3. The maximum atomic E-state index is 12.8. The van der Waals surface area contributed by atoms with Crippen molar-refractivity contribution in [2.24, 2.45) is 35.5 Å². The van der Waals surface area contributed by atoms with Gasteiger partial charge < -0.3 is 18.9 Å². The third kappa shape index (κ3) is 3.46. The summed E-state index contributed by atoms with van der Waals surface area (Å²) in [5.74, 6) is -1.31. The summed E-state index contributed by atoms with van der Waals surface area (Å²) >= 11 is 0. The van der Waals surface area contributed by atoms with Crippen molar-refractivity contribution in [1.82, 2.24) is 0 Å². The molecule has 0 aromatic carbocycles. The van der Waals surface area contributed by atoms with Crippen LogP contribution in [-0.2, 0) is 33.3 Å². The fourth-order valence-corrected chi connectivity index (χ4v) is 4.97. The third-order valence-corrected chi connectivity index (χ3v) is 6.37. The monoisotopic (exact) mass is 368 g/mol. The van der Waals surface area contributed by atoms with Gasteiger partial charge in [0, 0.05) is 6.61 Å². The highest BCUT2D eigenvalue weighted by atomic mass is 16.7. The van der Waals surface area contributed by atoms with Gasteiger partial charge in [-0.3, -0.25) is 14.4 Å². The molecule has 146 valence electrons. The summed E-state index contributed by atoms with van der Waals surface area (Å²) in [4.78, 5) is 36.9. The molecule has 8 unspecified atom stereocenters. The second kappa shape index (κ2) is 7.55. The van der Waals surface area contributed by atoms with E-state index in [-0.39, 0.29) is 30.8 Å². The fraction of sp³-hybridized carbons (Fsp3) is 0.842. The second-order valence-electron chi connectivity index (χ2n) is 7.74. The Bertz CT molecular complexity index is 574. The smallest absolute Gasteiger partial charge is 0.312 e. The zero-order valence-electron chi connectivity index (χ0n) is 15.8. The minimum absolute atomic E-state index is 0.0784. The van der Waals surface area contributed by atoms with Crippen molar-refractivity contribution >= 4 is 17.9 Å². The van der Waals surface area contributed by atoms with E-state index in [1.165, 1.54) is 0 Å². The molecule has 7 nitrogen and oxygen atoms in total. The first kappa shape index (κ1) is 19.1. The number of carbonyl (C=O) groups excluding carboxylic acids is 3. The SMILES string of the molecule is CCOC(C)OC(=O)C1C2CC(C(C)C2C)C1C(=O)OC1COC(=O)C1. The highest BCUT2D eigenvalue weighted by molar-refractivity contribution is 5.84. The molecule has 3 fully saturated rings. The van der Waals surface area contributed by atoms with Gasteiger partial charge in [-0.1, -0.05) is 13.8 Å². The van der Waals surface area contributed by atoms with Crippen molar-refractivity contribution in [3.05, 3.63) is 0 Å². The summed E-state index contributed by atoms with van der Waals surface area (Å²) in [7, 11) is 0. The molecule has 3 aliphatic rings. The number of hydrogen-bond acceptors (Lipinski definition) is 7. The van der Waals surface area contributed by atoms with E-state index in [1.54, 1.807) is 6.92 Å². The first-order chi connectivity index (χ1) is 12.3. The zero-order chi connectivity index (χ0) is 19.0. The van der Waals surface area contributed by atoms with E-state index in [9.17, 15) is 14.4 Å². The molecule has 26 heavy (non-hydrogen) atoms. The second-order valence-corrected chi connectivity index (χ2v) is 7.74. The molecule has 2 saturated carbocycles. The fourth-order valence-electron chi connectivity index (χ4n) is 4.97. The lowest BCUT2D eigenvalue weighted by atomic mass is 9.69. The summed E-state index contributed by atoms with van der Waals surface area (Å²) in [6.07, 6.45) is -0.294. The molecule has 0 amide bonds. The molecule has 8 atom stereocenters. The molecular formula is C19H28O7. The molecule has 0 aromatic heterocycles. The van der Waals surface area contributed by atoms with Gasteiger partial charge in [0.25, 0.3) is 0 Å². The molecule has 1 heterocycles. The minimum atomic E-state index is -0.642. The van der Waals surface area contributed by atoms with Crippen LogP contribution in [0.4, 0.5) is 0 Å². The van der Waals surface area contributed by atoms with E-state index in [4.69, 9.17) is 18.9 Å². The zero-order valence-corrected chi connectivity index (χ0v) is 15.8. The Morgan fingerprint density at radius 3 is 2.31 bits per heavy atom. The van der Waals surface area contributed by atoms with Crippen LogP contribution in [0.15, 0.2) is 0 Å². The lowest BCUT2D eigenvalue weighted by Crippen LogP contribution is -2.44. The van der Waals surface area contributed by atoms with E-state index in [0.717, 1.165) is 6.42 Å². The number of fused-ring (bicyclic) bond motifs is 2. The molecule has 2 aliphatic carbocycles. The number of carbonyl (C=O) groups is 3. The molecule has 0 N–H and O–H groups in total. The van der Waals surface area contributed by atoms with Crippen molar-refractivity contribution in [3.63, 3.8) is 0 Å². The van der Waals surface area contributed by atoms with E-state index in [2.05, 4.69) is 13.8 Å². The topological polar surface area (TPSA) is 88.1 Å². The summed E-state index contributed by atoms with van der Waals surface area (Å²) in [5.41, 5.74) is 0. The van der Waals surface area contributed by atoms with Crippen molar-refractivity contribution in [1.29, 1.82) is 0 Å². The first-order valence-electron chi connectivity index (χ1n) is 9.51. The Morgan fingerprint density at radius 2 is 1.77 bits per heavy atom. The molecule has 7 heteroatoms. The average Bonchev–Trinajstić information content (AvgIpc) is 3.23. The lowest BCUT2D eigenvalue weighted by molar-refractivity contribution is -0.188. The van der Waals surface area contributed by atoms with Crippen LogP contribution in [0, 0.1) is 35.5 Å². The predicted molar refractivity (Wildman–Crippen MR) is 89.5 cm³/mol. The van der Waals surface area contributed by atoms with Crippen LogP contribution < -0.4 is 0 Å². The molecular weight excluding hydrogens is 340 g/mol. The van der Waals surface area contributed by atoms with Gasteiger partial charge in [-0.15, -0.1) is 0 Å². The molecule has 0 aromatic rings. The maximum Gasteiger partial charge on any atom is 0.312 e. The summed E-state index contributed by atoms with van der Waals surface area (Å²) in [5, 5.41) is 0. The van der Waals surface area contributed by atoms with Crippen LogP contribution in [-0.4, -0.2) is 43.5 Å². The van der Waals surface area contributed by atoms with E-state index < -0.39 is 36.2 Å². The molecule has 1 aliphatic heterocycles. The van der Waals surface area contributed by atoms with Gasteiger partial charge in [-0.05, 0) is 43.9 Å². The quantitative estimate of drug-likeness (QED) is 0.402. The molecule has 1 saturated heterocycles. The standard InChI is InChI=1S/C19H28O7/c1-5-23-11(4)25-18(21)16-13-7-14(10(3)9(13)2)17(16)19(22)26-12-6-15(20)24-8-12/h9-14,16-17H,5-8H2,1-4H3. The summed E-state index contributed by atoms with van der Waals surface area (Å²) in [6, 6.07) is 0. The van der Waals surface area contributed by atoms with E-state index >= 15 is 0 Å². The van der Waals surface area contributed by atoms with Gasteiger partial charge in [-0.25, -0.2) is 0 Å². The van der Waals surface area contributed by atoms with Crippen molar-refractivity contribution in [3.8, 4) is 0 Å². The third-order valence-electron chi connectivity index (χ3n) is 6.37. The first-order valence-corrected chi connectivity index (χ1v) is 9.51. The summed E-state index contributed by atoms with van der Waals surface area (Å²) in [6.45, 7) is 8.30. The van der Waals surface area contributed by atoms with Crippen LogP contribution in [0.3, 0.4) is 0 Å². The number of rotatable bonds is 6. The minimum Gasteiger partial charge on any atom is -0.462 e. The Balaban J connectivity index is 1.73. The van der Waals surface area contributed by atoms with Crippen molar-refractivity contribution in [2.45, 2.75) is 52.9 Å². The highest BCUT2D eigenvalue weighted by Gasteiger charge is 2.61. The van der Waals surface area contributed by atoms with Crippen molar-refractivity contribution in [2.75, 3.05) is 13.2 Å². The number of cyclic esters (lactones) is 1. The molecule has 2 bridgehead atoms. The van der Waals surface area contributed by atoms with Gasteiger partial charge in [0.2, 0.25) is 0 Å². The van der Waals surface area contributed by atoms with E-state index in [1.807, 2.05) is 6.92 Å². The Labute approximate surface area is 153 Å². The van der Waals surface area contributed by atoms with Gasteiger partial charge in [0.05, 0.1) is 18.3 Å².